The SMILES string of the molecule is CCCCN(c1cc(F)c(Cl)cc1-c1nnc(CS(C)(=O)=O)n1C)S(=O)(=O)c1ccccc1. The van der Waals surface area contributed by atoms with E-state index in [4.69, 9.17) is 11.6 Å². The normalized spacial score (nSPS) is 12.2. The number of rotatable bonds is 9. The first-order valence-electron chi connectivity index (χ1n) is 10.1. The van der Waals surface area contributed by atoms with Crippen molar-refractivity contribution in [2.24, 2.45) is 7.05 Å². The van der Waals surface area contributed by atoms with E-state index in [2.05, 4.69) is 10.2 Å². The number of sulfonamides is 1. The van der Waals surface area contributed by atoms with Crippen LogP contribution in [0.1, 0.15) is 25.6 Å². The van der Waals surface area contributed by atoms with Crippen molar-refractivity contribution >= 4 is 37.1 Å². The lowest BCUT2D eigenvalue weighted by Crippen LogP contribution is -2.32. The highest BCUT2D eigenvalue weighted by atomic mass is 35.5. The molecule has 1 aromatic heterocycles. The van der Waals surface area contributed by atoms with Gasteiger partial charge in [0.15, 0.2) is 15.7 Å². The number of sulfone groups is 1. The molecule has 0 aliphatic carbocycles. The molecule has 0 saturated carbocycles. The highest BCUT2D eigenvalue weighted by molar-refractivity contribution is 7.92. The van der Waals surface area contributed by atoms with Gasteiger partial charge in [0.2, 0.25) is 0 Å². The Morgan fingerprint density at radius 2 is 1.76 bits per heavy atom. The largest absolute Gasteiger partial charge is 0.313 e. The fourth-order valence-corrected chi connectivity index (χ4v) is 5.69. The zero-order valence-electron chi connectivity index (χ0n) is 18.4. The minimum Gasteiger partial charge on any atom is -0.313 e. The van der Waals surface area contributed by atoms with E-state index in [1.165, 1.54) is 22.8 Å². The van der Waals surface area contributed by atoms with Gasteiger partial charge in [-0.15, -0.1) is 10.2 Å². The van der Waals surface area contributed by atoms with Crippen LogP contribution in [0, 0.1) is 5.82 Å². The van der Waals surface area contributed by atoms with Gasteiger partial charge >= 0.3 is 0 Å². The molecule has 0 bridgehead atoms. The second-order valence-electron chi connectivity index (χ2n) is 7.60. The lowest BCUT2D eigenvalue weighted by molar-refractivity contribution is 0.588. The molecule has 0 spiro atoms. The number of unbranched alkanes of at least 4 members (excludes halogenated alkanes) is 1. The third-order valence-corrected chi connectivity index (χ3v) is 7.85. The molecule has 3 rings (SSSR count). The van der Waals surface area contributed by atoms with Crippen molar-refractivity contribution in [2.45, 2.75) is 30.4 Å². The molecule has 3 aromatic rings. The molecular weight excluding hydrogens is 491 g/mol. The smallest absolute Gasteiger partial charge is 0.264 e. The van der Waals surface area contributed by atoms with Crippen LogP contribution >= 0.6 is 11.6 Å². The molecule has 0 N–H and O–H groups in total. The predicted octanol–water partition coefficient (Wildman–Crippen LogP) is 3.81. The molecule has 178 valence electrons. The topological polar surface area (TPSA) is 102 Å². The zero-order valence-corrected chi connectivity index (χ0v) is 20.8. The second kappa shape index (κ2) is 9.78. The fourth-order valence-electron chi connectivity index (χ4n) is 3.27. The van der Waals surface area contributed by atoms with E-state index in [0.29, 0.717) is 12.8 Å². The van der Waals surface area contributed by atoms with Crippen LogP contribution in [0.15, 0.2) is 47.4 Å². The van der Waals surface area contributed by atoms with E-state index in [-0.39, 0.29) is 45.1 Å². The van der Waals surface area contributed by atoms with E-state index >= 15 is 0 Å². The highest BCUT2D eigenvalue weighted by Crippen LogP contribution is 2.37. The summed E-state index contributed by atoms with van der Waals surface area (Å²) in [5, 5.41) is 7.78. The standard InChI is InChI=1S/C21H24ClFN4O4S2/c1-4-5-11-27(33(30,31)15-9-7-6-8-10-15)19-13-18(23)17(22)12-16(19)21-25-24-20(26(21)2)14-32(3,28)29/h6-10,12-13H,4-5,11,14H2,1-3H3. The van der Waals surface area contributed by atoms with Gasteiger partial charge in [-0.3, -0.25) is 4.31 Å². The molecule has 0 aliphatic rings. The second-order valence-corrected chi connectivity index (χ2v) is 12.0. The Balaban J connectivity index is 2.24. The Hall–Kier alpha value is -2.50. The van der Waals surface area contributed by atoms with Crippen LogP contribution in [-0.4, -0.2) is 44.4 Å². The quantitative estimate of drug-likeness (QED) is 0.430. The Morgan fingerprint density at radius 1 is 1.09 bits per heavy atom. The minimum absolute atomic E-state index is 0.0376. The van der Waals surface area contributed by atoms with Crippen LogP contribution in [0.2, 0.25) is 5.02 Å². The van der Waals surface area contributed by atoms with Crippen molar-refractivity contribution in [1.29, 1.82) is 0 Å². The van der Waals surface area contributed by atoms with Crippen LogP contribution in [0.4, 0.5) is 10.1 Å². The minimum atomic E-state index is -4.05. The number of benzene rings is 2. The van der Waals surface area contributed by atoms with E-state index in [1.54, 1.807) is 25.2 Å². The summed E-state index contributed by atoms with van der Waals surface area (Å²) < 4.78 is 67.7. The maximum atomic E-state index is 14.6. The summed E-state index contributed by atoms with van der Waals surface area (Å²) in [4.78, 5) is 0.0538. The molecule has 0 saturated heterocycles. The molecule has 0 amide bonds. The fraction of sp³-hybridized carbons (Fsp3) is 0.333. The van der Waals surface area contributed by atoms with Crippen molar-refractivity contribution in [2.75, 3.05) is 17.1 Å². The third-order valence-electron chi connectivity index (χ3n) is 4.95. The summed E-state index contributed by atoms with van der Waals surface area (Å²) in [7, 11) is -5.89. The molecule has 33 heavy (non-hydrogen) atoms. The molecule has 0 aliphatic heterocycles. The molecule has 0 unspecified atom stereocenters. The molecule has 0 atom stereocenters. The van der Waals surface area contributed by atoms with Crippen molar-refractivity contribution in [1.82, 2.24) is 14.8 Å². The van der Waals surface area contributed by atoms with Gasteiger partial charge in [0, 0.05) is 31.5 Å². The van der Waals surface area contributed by atoms with Crippen LogP contribution in [-0.2, 0) is 32.7 Å². The molecule has 8 nitrogen and oxygen atoms in total. The van der Waals surface area contributed by atoms with Crippen molar-refractivity contribution in [3.05, 3.63) is 59.1 Å². The van der Waals surface area contributed by atoms with Crippen molar-refractivity contribution < 1.29 is 21.2 Å². The van der Waals surface area contributed by atoms with Crippen LogP contribution < -0.4 is 4.31 Å². The van der Waals surface area contributed by atoms with Gasteiger partial charge in [-0.2, -0.15) is 0 Å². The summed E-state index contributed by atoms with van der Waals surface area (Å²) in [6.07, 6.45) is 2.29. The predicted molar refractivity (Wildman–Crippen MR) is 126 cm³/mol. The average molecular weight is 515 g/mol. The van der Waals surface area contributed by atoms with Gasteiger partial charge < -0.3 is 4.57 Å². The van der Waals surface area contributed by atoms with E-state index in [0.717, 1.165) is 16.6 Å². The highest BCUT2D eigenvalue weighted by Gasteiger charge is 2.29. The lowest BCUT2D eigenvalue weighted by atomic mass is 10.1. The Kier molecular flexibility index (Phi) is 7.45. The molecular formula is C21H24ClFN4O4S2. The number of aromatic nitrogens is 3. The first-order valence-corrected chi connectivity index (χ1v) is 14.0. The monoisotopic (exact) mass is 514 g/mol. The Bertz CT molecular complexity index is 1360. The number of anilines is 1. The summed E-state index contributed by atoms with van der Waals surface area (Å²) in [6, 6.07) is 10.2. The lowest BCUT2D eigenvalue weighted by Gasteiger charge is -2.27. The van der Waals surface area contributed by atoms with Crippen molar-refractivity contribution in [3.8, 4) is 11.4 Å². The maximum absolute atomic E-state index is 14.6. The van der Waals surface area contributed by atoms with Gasteiger partial charge in [-0.1, -0.05) is 43.1 Å². The zero-order chi connectivity index (χ0) is 24.4. The Labute approximate surface area is 198 Å². The number of nitrogens with zero attached hydrogens (tertiary/aromatic N) is 4. The van der Waals surface area contributed by atoms with Crippen molar-refractivity contribution in [3.63, 3.8) is 0 Å². The van der Waals surface area contributed by atoms with Gasteiger partial charge in [-0.05, 0) is 24.6 Å². The average Bonchev–Trinajstić information content (AvgIpc) is 3.09. The third kappa shape index (κ3) is 5.53. The molecule has 0 radical (unpaired) electrons. The summed E-state index contributed by atoms with van der Waals surface area (Å²) in [6.45, 7) is 2.01. The number of halogens is 2. The molecule has 12 heteroatoms. The first kappa shape index (κ1) is 25.1. The maximum Gasteiger partial charge on any atom is 0.264 e. The van der Waals surface area contributed by atoms with Crippen LogP contribution in [0.25, 0.3) is 11.4 Å². The van der Waals surface area contributed by atoms with E-state index in [1.807, 2.05) is 6.92 Å². The van der Waals surface area contributed by atoms with Gasteiger partial charge in [-0.25, -0.2) is 21.2 Å². The summed E-state index contributed by atoms with van der Waals surface area (Å²) in [5.41, 5.74) is 0.252. The molecule has 1 heterocycles. The number of hydrogen-bond donors (Lipinski definition) is 0. The Morgan fingerprint density at radius 3 is 2.36 bits per heavy atom. The van der Waals surface area contributed by atoms with Gasteiger partial charge in [0.25, 0.3) is 10.0 Å². The van der Waals surface area contributed by atoms with E-state index < -0.39 is 25.7 Å². The van der Waals surface area contributed by atoms with Gasteiger partial charge in [0.05, 0.1) is 15.6 Å². The molecule has 0 fully saturated rings. The van der Waals surface area contributed by atoms with Crippen LogP contribution in [0.5, 0.6) is 0 Å². The first-order chi connectivity index (χ1) is 15.5. The molecule has 2 aromatic carbocycles. The van der Waals surface area contributed by atoms with Crippen LogP contribution in [0.3, 0.4) is 0 Å². The van der Waals surface area contributed by atoms with E-state index in [9.17, 15) is 21.2 Å². The summed E-state index contributed by atoms with van der Waals surface area (Å²) in [5.74, 6) is -0.832. The van der Waals surface area contributed by atoms with Gasteiger partial charge in [0.1, 0.15) is 17.4 Å². The summed E-state index contributed by atoms with van der Waals surface area (Å²) >= 11 is 6.05. The number of hydrogen-bond acceptors (Lipinski definition) is 6.